The predicted molar refractivity (Wildman–Crippen MR) is 185 cm³/mol. The lowest BCUT2D eigenvalue weighted by Gasteiger charge is -2.34. The molecule has 0 unspecified atom stereocenters. The Kier molecular flexibility index (Phi) is 12.0. The third kappa shape index (κ3) is 8.98. The average molecular weight is 660 g/mol. The van der Waals surface area contributed by atoms with Gasteiger partial charge in [0.1, 0.15) is 12.6 Å². The van der Waals surface area contributed by atoms with Crippen molar-refractivity contribution in [3.8, 4) is 0 Å². The minimum absolute atomic E-state index is 0.0651. The molecule has 4 rings (SSSR count). The molecule has 2 amide bonds. The van der Waals surface area contributed by atoms with Gasteiger partial charge in [-0.3, -0.25) is 13.9 Å². The van der Waals surface area contributed by atoms with E-state index in [-0.39, 0.29) is 35.7 Å². The summed E-state index contributed by atoms with van der Waals surface area (Å²) in [4.78, 5) is 30.0. The van der Waals surface area contributed by atoms with E-state index in [1.165, 1.54) is 17.0 Å². The molecule has 0 saturated carbocycles. The zero-order valence-electron chi connectivity index (χ0n) is 26.8. The van der Waals surface area contributed by atoms with Crippen LogP contribution in [0.2, 0.25) is 5.02 Å². The monoisotopic (exact) mass is 659 g/mol. The van der Waals surface area contributed by atoms with Gasteiger partial charge >= 0.3 is 0 Å². The molecular weight excluding hydrogens is 618 g/mol. The molecule has 242 valence electrons. The molecule has 4 aromatic rings. The summed E-state index contributed by atoms with van der Waals surface area (Å²) in [6.07, 6.45) is 0.960. The van der Waals surface area contributed by atoms with Crippen LogP contribution in [0.4, 0.5) is 5.69 Å². The highest BCUT2D eigenvalue weighted by Crippen LogP contribution is 2.27. The van der Waals surface area contributed by atoms with Gasteiger partial charge < -0.3 is 10.2 Å². The van der Waals surface area contributed by atoms with E-state index in [2.05, 4.69) is 19.2 Å². The third-order valence-corrected chi connectivity index (χ3v) is 10.0. The van der Waals surface area contributed by atoms with Gasteiger partial charge in [0.2, 0.25) is 11.8 Å². The van der Waals surface area contributed by atoms with Crippen LogP contribution in [-0.4, -0.2) is 43.8 Å². The minimum Gasteiger partial charge on any atom is -0.352 e. The van der Waals surface area contributed by atoms with Crippen LogP contribution in [-0.2, 0) is 32.6 Å². The highest BCUT2D eigenvalue weighted by molar-refractivity contribution is 7.92. The van der Waals surface area contributed by atoms with Gasteiger partial charge in [0.15, 0.2) is 0 Å². The van der Waals surface area contributed by atoms with Gasteiger partial charge in [-0.2, -0.15) is 0 Å². The molecule has 46 heavy (non-hydrogen) atoms. The maximum absolute atomic E-state index is 14.6. The molecule has 0 saturated heterocycles. The number of hydrogen-bond acceptors (Lipinski definition) is 4. The van der Waals surface area contributed by atoms with Gasteiger partial charge in [-0.15, -0.1) is 0 Å². The van der Waals surface area contributed by atoms with Crippen molar-refractivity contribution in [3.63, 3.8) is 0 Å². The first kappa shape index (κ1) is 34.7. The van der Waals surface area contributed by atoms with Crippen LogP contribution in [0.25, 0.3) is 0 Å². The fraction of sp³-hybridized carbons (Fsp3) is 0.297. The fourth-order valence-electron chi connectivity index (χ4n) is 5.06. The lowest BCUT2D eigenvalue weighted by atomic mass is 10.0. The first-order chi connectivity index (χ1) is 22.0. The fourth-order valence-corrected chi connectivity index (χ4v) is 6.62. The van der Waals surface area contributed by atoms with Gasteiger partial charge in [-0.1, -0.05) is 105 Å². The highest BCUT2D eigenvalue weighted by Gasteiger charge is 2.35. The molecule has 0 heterocycles. The molecule has 0 aliphatic carbocycles. The van der Waals surface area contributed by atoms with E-state index in [9.17, 15) is 18.0 Å². The second-order valence-corrected chi connectivity index (χ2v) is 14.0. The Balaban J connectivity index is 1.80. The van der Waals surface area contributed by atoms with E-state index in [0.717, 1.165) is 21.0 Å². The first-order valence-corrected chi connectivity index (χ1v) is 17.4. The normalized spacial score (nSPS) is 12.7. The van der Waals surface area contributed by atoms with Gasteiger partial charge in [0, 0.05) is 24.0 Å². The maximum Gasteiger partial charge on any atom is 0.264 e. The summed E-state index contributed by atoms with van der Waals surface area (Å²) in [6.45, 7) is 7.58. The van der Waals surface area contributed by atoms with Gasteiger partial charge in [-0.05, 0) is 72.4 Å². The molecule has 0 radical (unpaired) electrons. The van der Waals surface area contributed by atoms with Crippen LogP contribution in [0.15, 0.2) is 114 Å². The Hall–Kier alpha value is -4.14. The number of hydrogen-bond donors (Lipinski definition) is 1. The number of nitrogens with zero attached hydrogens (tertiary/aromatic N) is 2. The quantitative estimate of drug-likeness (QED) is 0.155. The molecule has 0 aliphatic heterocycles. The number of halogens is 1. The zero-order chi connectivity index (χ0) is 33.3. The Morgan fingerprint density at radius 1 is 0.783 bits per heavy atom. The summed E-state index contributed by atoms with van der Waals surface area (Å²) in [6, 6.07) is 30.8. The molecule has 0 bridgehead atoms. The van der Waals surface area contributed by atoms with Crippen LogP contribution in [0.3, 0.4) is 0 Å². The predicted octanol–water partition coefficient (Wildman–Crippen LogP) is 7.21. The lowest BCUT2D eigenvalue weighted by molar-refractivity contribution is -0.140. The number of amides is 2. The number of carbonyl (C=O) groups excluding carboxylic acids is 2. The highest BCUT2D eigenvalue weighted by atomic mass is 35.5. The summed E-state index contributed by atoms with van der Waals surface area (Å²) in [5.74, 6) is -0.575. The van der Waals surface area contributed by atoms with Crippen LogP contribution >= 0.6 is 11.6 Å². The second-order valence-electron chi connectivity index (χ2n) is 11.7. The number of carbonyl (C=O) groups is 2. The number of nitrogens with one attached hydrogen (secondary N) is 1. The van der Waals surface area contributed by atoms with E-state index >= 15 is 0 Å². The molecular formula is C37H42ClN3O4S. The Bertz CT molecular complexity index is 1680. The molecule has 0 aliphatic rings. The van der Waals surface area contributed by atoms with Crippen LogP contribution < -0.4 is 9.62 Å². The van der Waals surface area contributed by atoms with E-state index in [0.29, 0.717) is 17.1 Å². The van der Waals surface area contributed by atoms with Crippen LogP contribution in [0.1, 0.15) is 56.7 Å². The lowest BCUT2D eigenvalue weighted by Crippen LogP contribution is -2.54. The van der Waals surface area contributed by atoms with E-state index in [1.807, 2.05) is 56.3 Å². The summed E-state index contributed by atoms with van der Waals surface area (Å²) in [5, 5.41) is 3.60. The average Bonchev–Trinajstić information content (AvgIpc) is 3.06. The zero-order valence-corrected chi connectivity index (χ0v) is 28.3. The smallest absolute Gasteiger partial charge is 0.264 e. The second kappa shape index (κ2) is 15.9. The molecule has 0 fully saturated rings. The van der Waals surface area contributed by atoms with Crippen LogP contribution in [0, 0.1) is 0 Å². The van der Waals surface area contributed by atoms with Crippen molar-refractivity contribution in [1.29, 1.82) is 0 Å². The van der Waals surface area contributed by atoms with Crippen molar-refractivity contribution in [2.45, 2.75) is 70.0 Å². The summed E-state index contributed by atoms with van der Waals surface area (Å²) >= 11 is 6.16. The number of sulfonamides is 1. The van der Waals surface area contributed by atoms with E-state index in [1.54, 1.807) is 54.6 Å². The van der Waals surface area contributed by atoms with Crippen molar-refractivity contribution >= 4 is 39.1 Å². The molecule has 0 spiro atoms. The van der Waals surface area contributed by atoms with Crippen molar-refractivity contribution in [3.05, 3.63) is 131 Å². The number of rotatable bonds is 14. The van der Waals surface area contributed by atoms with Crippen molar-refractivity contribution in [2.24, 2.45) is 0 Å². The number of benzene rings is 4. The van der Waals surface area contributed by atoms with Crippen molar-refractivity contribution < 1.29 is 18.0 Å². The molecule has 1 N–H and O–H groups in total. The maximum atomic E-state index is 14.6. The molecule has 0 aromatic heterocycles. The largest absolute Gasteiger partial charge is 0.352 e. The summed E-state index contributed by atoms with van der Waals surface area (Å²) in [5.41, 5.74) is 3.03. The Morgan fingerprint density at radius 3 is 1.93 bits per heavy atom. The number of anilines is 1. The molecule has 2 atom stereocenters. The topological polar surface area (TPSA) is 86.8 Å². The van der Waals surface area contributed by atoms with Crippen molar-refractivity contribution in [2.75, 3.05) is 10.8 Å². The molecule has 7 nitrogen and oxygen atoms in total. The van der Waals surface area contributed by atoms with Gasteiger partial charge in [0.05, 0.1) is 10.6 Å². The molecule has 4 aromatic carbocycles. The van der Waals surface area contributed by atoms with E-state index < -0.39 is 28.5 Å². The summed E-state index contributed by atoms with van der Waals surface area (Å²) in [7, 11) is -4.15. The minimum atomic E-state index is -4.15. The third-order valence-electron chi connectivity index (χ3n) is 8.00. The summed E-state index contributed by atoms with van der Waals surface area (Å²) < 4.78 is 29.4. The Morgan fingerprint density at radius 2 is 1.37 bits per heavy atom. The van der Waals surface area contributed by atoms with Crippen LogP contribution in [0.5, 0.6) is 0 Å². The SMILES string of the molecule is CC[C@H](C)NC(=O)[C@H](Cc1ccccc1)N(Cc1ccc(Cl)cc1)C(=O)CN(c1ccc(C(C)C)cc1)S(=O)(=O)c1ccccc1. The standard InChI is InChI=1S/C37H42ClN3O4S/c1-5-28(4)39-37(43)35(24-29-12-8-6-9-13-29)40(25-30-16-20-32(38)21-17-30)36(42)26-41(33-22-18-31(19-23-33)27(2)3)46(44,45)34-14-10-7-11-15-34/h6-23,27-28,35H,5,24-26H2,1-4H3,(H,39,43)/t28-,35-/m0/s1. The van der Waals surface area contributed by atoms with Gasteiger partial charge in [0.25, 0.3) is 10.0 Å². The first-order valence-electron chi connectivity index (χ1n) is 15.6. The van der Waals surface area contributed by atoms with Crippen molar-refractivity contribution in [1.82, 2.24) is 10.2 Å². The Labute approximate surface area is 278 Å². The van der Waals surface area contributed by atoms with E-state index in [4.69, 9.17) is 11.6 Å². The molecule has 9 heteroatoms. The van der Waals surface area contributed by atoms with Gasteiger partial charge in [-0.25, -0.2) is 8.42 Å².